The Morgan fingerprint density at radius 3 is 2.77 bits per heavy atom. The predicted octanol–water partition coefficient (Wildman–Crippen LogP) is 1.03. The van der Waals surface area contributed by atoms with Crippen molar-refractivity contribution in [2.45, 2.75) is 44.2 Å². The van der Waals surface area contributed by atoms with Crippen LogP contribution >= 0.6 is 0 Å². The minimum atomic E-state index is -0.914. The fraction of sp³-hybridized carbons (Fsp3) is 0.524. The van der Waals surface area contributed by atoms with Crippen molar-refractivity contribution in [3.63, 3.8) is 0 Å². The molecule has 2 fully saturated rings. The predicted molar refractivity (Wildman–Crippen MR) is 108 cm³/mol. The number of hydrogen-bond donors (Lipinski definition) is 2. The number of nitrogens with one attached hydrogen (secondary N) is 2. The van der Waals surface area contributed by atoms with Crippen LogP contribution in [0.2, 0.25) is 0 Å². The van der Waals surface area contributed by atoms with E-state index in [-0.39, 0.29) is 30.8 Å². The molecule has 2 N–H and O–H groups in total. The summed E-state index contributed by atoms with van der Waals surface area (Å²) in [5.41, 5.74) is -0.404. The summed E-state index contributed by atoms with van der Waals surface area (Å²) in [7, 11) is 1.50. The van der Waals surface area contributed by atoms with Crippen molar-refractivity contribution in [2.75, 3.05) is 25.0 Å². The standard InChI is InChI=1S/C21H26N4O5/c1-13-7-5-6-10-21(13)19(28)25(20(29)23-21)12-17(26)24-11-16(18(27)22-2)30-15-9-4-3-8-14(15)24/h3-4,8-9,13,16H,5-7,10-12H2,1-2H3,(H,22,27)(H,23,29)/t13-,16-,21-/m0/s1. The quantitative estimate of drug-likeness (QED) is 0.718. The summed E-state index contributed by atoms with van der Waals surface area (Å²) in [5.74, 6) is -0.710. The molecule has 2 heterocycles. The van der Waals surface area contributed by atoms with E-state index in [0.717, 1.165) is 24.2 Å². The van der Waals surface area contributed by atoms with Crippen LogP contribution in [0.1, 0.15) is 32.6 Å². The normalized spacial score (nSPS) is 28.1. The molecule has 3 atom stereocenters. The van der Waals surface area contributed by atoms with Gasteiger partial charge in [0.15, 0.2) is 6.10 Å². The second-order valence-corrected chi connectivity index (χ2v) is 8.13. The highest BCUT2D eigenvalue weighted by atomic mass is 16.5. The van der Waals surface area contributed by atoms with Gasteiger partial charge in [0, 0.05) is 7.05 Å². The van der Waals surface area contributed by atoms with Gasteiger partial charge in [-0.15, -0.1) is 0 Å². The average Bonchev–Trinajstić information content (AvgIpc) is 2.99. The molecule has 1 spiro atoms. The van der Waals surface area contributed by atoms with Gasteiger partial charge in [0.2, 0.25) is 5.91 Å². The highest BCUT2D eigenvalue weighted by Crippen LogP contribution is 2.38. The molecule has 5 amide bonds. The molecule has 0 radical (unpaired) electrons. The van der Waals surface area contributed by atoms with Crippen molar-refractivity contribution in [1.29, 1.82) is 0 Å². The number of anilines is 1. The first-order valence-electron chi connectivity index (χ1n) is 10.3. The third kappa shape index (κ3) is 3.18. The van der Waals surface area contributed by atoms with E-state index >= 15 is 0 Å². The lowest BCUT2D eigenvalue weighted by atomic mass is 9.73. The fourth-order valence-corrected chi connectivity index (χ4v) is 4.63. The Morgan fingerprint density at radius 2 is 2.03 bits per heavy atom. The minimum absolute atomic E-state index is 0.000709. The lowest BCUT2D eigenvalue weighted by molar-refractivity contribution is -0.137. The van der Waals surface area contributed by atoms with E-state index < -0.39 is 23.6 Å². The van der Waals surface area contributed by atoms with Crippen molar-refractivity contribution in [3.05, 3.63) is 24.3 Å². The molecule has 160 valence electrons. The van der Waals surface area contributed by atoms with Crippen molar-refractivity contribution in [3.8, 4) is 5.75 Å². The minimum Gasteiger partial charge on any atom is -0.477 e. The van der Waals surface area contributed by atoms with Crippen molar-refractivity contribution >= 4 is 29.4 Å². The Labute approximate surface area is 174 Å². The maximum atomic E-state index is 13.2. The Kier molecular flexibility index (Phi) is 5.13. The number of para-hydroxylation sites is 2. The molecule has 1 aromatic rings. The highest BCUT2D eigenvalue weighted by molar-refractivity contribution is 6.11. The number of benzene rings is 1. The molecular weight excluding hydrogens is 388 g/mol. The molecule has 4 rings (SSSR count). The van der Waals surface area contributed by atoms with E-state index in [4.69, 9.17) is 4.74 Å². The highest BCUT2D eigenvalue weighted by Gasteiger charge is 2.55. The lowest BCUT2D eigenvalue weighted by Gasteiger charge is -2.37. The molecule has 1 saturated heterocycles. The van der Waals surface area contributed by atoms with E-state index in [1.54, 1.807) is 24.3 Å². The third-order valence-corrected chi connectivity index (χ3v) is 6.41. The van der Waals surface area contributed by atoms with Gasteiger partial charge < -0.3 is 20.3 Å². The van der Waals surface area contributed by atoms with Crippen LogP contribution in [0, 0.1) is 5.92 Å². The number of carbonyl (C=O) groups is 4. The van der Waals surface area contributed by atoms with Crippen molar-refractivity contribution < 1.29 is 23.9 Å². The summed E-state index contributed by atoms with van der Waals surface area (Å²) >= 11 is 0. The zero-order chi connectivity index (χ0) is 21.5. The SMILES string of the molecule is CNC(=O)[C@@H]1CN(C(=O)CN2C(=O)N[C@]3(CCCC[C@@H]3C)C2=O)c2ccccc2O1. The van der Waals surface area contributed by atoms with Gasteiger partial charge in [0.25, 0.3) is 11.8 Å². The van der Waals surface area contributed by atoms with Crippen LogP contribution in [0.5, 0.6) is 5.75 Å². The number of rotatable bonds is 3. The molecule has 3 aliphatic rings. The molecule has 0 unspecified atom stereocenters. The van der Waals surface area contributed by atoms with Crippen LogP contribution in [0.3, 0.4) is 0 Å². The van der Waals surface area contributed by atoms with E-state index in [1.165, 1.54) is 11.9 Å². The number of hydrogen-bond acceptors (Lipinski definition) is 5. The van der Waals surface area contributed by atoms with Crippen molar-refractivity contribution in [1.82, 2.24) is 15.5 Å². The Morgan fingerprint density at radius 1 is 1.27 bits per heavy atom. The summed E-state index contributed by atoms with van der Waals surface area (Å²) in [6, 6.07) is 6.36. The zero-order valence-electron chi connectivity index (χ0n) is 17.1. The Bertz CT molecular complexity index is 903. The number of carbonyl (C=O) groups excluding carboxylic acids is 4. The lowest BCUT2D eigenvalue weighted by Crippen LogP contribution is -2.55. The summed E-state index contributed by atoms with van der Waals surface area (Å²) in [5, 5.41) is 5.39. The first-order valence-corrected chi connectivity index (χ1v) is 10.3. The van der Waals surface area contributed by atoms with Crippen LogP contribution in [-0.2, 0) is 14.4 Å². The molecule has 1 aromatic carbocycles. The van der Waals surface area contributed by atoms with Gasteiger partial charge in [-0.2, -0.15) is 0 Å². The third-order valence-electron chi connectivity index (χ3n) is 6.41. The molecule has 1 aliphatic carbocycles. The average molecular weight is 414 g/mol. The zero-order valence-corrected chi connectivity index (χ0v) is 17.1. The molecular formula is C21H26N4O5. The first kappa shape index (κ1) is 20.2. The Hall–Kier alpha value is -3.10. The van der Waals surface area contributed by atoms with E-state index in [2.05, 4.69) is 10.6 Å². The summed E-state index contributed by atoms with van der Waals surface area (Å²) in [6.07, 6.45) is 2.46. The van der Waals surface area contributed by atoms with Crippen LogP contribution in [0.4, 0.5) is 10.5 Å². The summed E-state index contributed by atoms with van der Waals surface area (Å²) < 4.78 is 5.72. The van der Waals surface area contributed by atoms with Crippen LogP contribution in [-0.4, -0.2) is 60.4 Å². The summed E-state index contributed by atoms with van der Waals surface area (Å²) in [6.45, 7) is 1.59. The first-order chi connectivity index (χ1) is 14.4. The van der Waals surface area contributed by atoms with Gasteiger partial charge in [0.1, 0.15) is 17.8 Å². The number of likely N-dealkylation sites (N-methyl/N-ethyl adjacent to an activating group) is 1. The maximum Gasteiger partial charge on any atom is 0.325 e. The van der Waals surface area contributed by atoms with Crippen LogP contribution < -0.4 is 20.3 Å². The smallest absolute Gasteiger partial charge is 0.325 e. The van der Waals surface area contributed by atoms with E-state index in [1.807, 2.05) is 6.92 Å². The maximum absolute atomic E-state index is 13.2. The van der Waals surface area contributed by atoms with Gasteiger partial charge in [0.05, 0.1) is 12.2 Å². The van der Waals surface area contributed by atoms with E-state index in [9.17, 15) is 19.2 Å². The van der Waals surface area contributed by atoms with E-state index in [0.29, 0.717) is 17.9 Å². The number of amides is 5. The molecule has 9 nitrogen and oxygen atoms in total. The number of nitrogens with zero attached hydrogens (tertiary/aromatic N) is 2. The van der Waals surface area contributed by atoms with Gasteiger partial charge in [-0.05, 0) is 30.9 Å². The van der Waals surface area contributed by atoms with Gasteiger partial charge in [-0.25, -0.2) is 4.79 Å². The van der Waals surface area contributed by atoms with Crippen LogP contribution in [0.25, 0.3) is 0 Å². The fourth-order valence-electron chi connectivity index (χ4n) is 4.63. The molecule has 9 heteroatoms. The summed E-state index contributed by atoms with van der Waals surface area (Å²) in [4.78, 5) is 53.5. The molecule has 1 saturated carbocycles. The number of urea groups is 1. The van der Waals surface area contributed by atoms with Gasteiger partial charge in [-0.1, -0.05) is 31.9 Å². The number of fused-ring (bicyclic) bond motifs is 1. The molecule has 0 aromatic heterocycles. The number of ether oxygens (including phenoxy) is 1. The Balaban J connectivity index is 1.56. The second kappa shape index (κ2) is 7.62. The van der Waals surface area contributed by atoms with Crippen molar-refractivity contribution in [2.24, 2.45) is 5.92 Å². The number of imide groups is 1. The van der Waals surface area contributed by atoms with Gasteiger partial charge in [-0.3, -0.25) is 19.3 Å². The largest absolute Gasteiger partial charge is 0.477 e. The molecule has 2 aliphatic heterocycles. The molecule has 30 heavy (non-hydrogen) atoms. The van der Waals surface area contributed by atoms with Crippen LogP contribution in [0.15, 0.2) is 24.3 Å². The second-order valence-electron chi connectivity index (χ2n) is 8.13. The monoisotopic (exact) mass is 414 g/mol. The topological polar surface area (TPSA) is 108 Å². The van der Waals surface area contributed by atoms with Gasteiger partial charge >= 0.3 is 6.03 Å². The molecule has 0 bridgehead atoms.